The minimum Gasteiger partial charge on any atom is -0.474 e. The molecule has 2 atom stereocenters. The van der Waals surface area contributed by atoms with Crippen molar-refractivity contribution in [3.8, 4) is 5.88 Å². The standard InChI is InChI=1S/C14H16ClN3O3/c1-8-12(15)16-7-17-13(8)21-11-5-9-3-4-10(6-11)18(9)14(19)20-2/h3-4,7,9-11H,5-6H2,1-2H3/t9-,10-/m0/s1. The molecule has 6 nitrogen and oxygen atoms in total. The first kappa shape index (κ1) is 14.1. The minimum absolute atomic E-state index is 0.0128. The monoisotopic (exact) mass is 309 g/mol. The Morgan fingerprint density at radius 2 is 2.00 bits per heavy atom. The smallest absolute Gasteiger partial charge is 0.410 e. The Morgan fingerprint density at radius 1 is 1.33 bits per heavy atom. The Bertz CT molecular complexity index is 577. The molecule has 1 aromatic rings. The molecule has 0 N–H and O–H groups in total. The van der Waals surface area contributed by atoms with Gasteiger partial charge in [-0.15, -0.1) is 0 Å². The zero-order valence-corrected chi connectivity index (χ0v) is 12.6. The molecule has 3 rings (SSSR count). The highest BCUT2D eigenvalue weighted by atomic mass is 35.5. The van der Waals surface area contributed by atoms with E-state index in [0.717, 1.165) is 5.56 Å². The maximum atomic E-state index is 11.8. The fraction of sp³-hybridized carbons (Fsp3) is 0.500. The van der Waals surface area contributed by atoms with Crippen molar-refractivity contribution in [3.05, 3.63) is 29.2 Å². The van der Waals surface area contributed by atoms with Crippen LogP contribution in [0.3, 0.4) is 0 Å². The van der Waals surface area contributed by atoms with E-state index < -0.39 is 0 Å². The molecule has 0 radical (unpaired) electrons. The zero-order chi connectivity index (χ0) is 15.0. The van der Waals surface area contributed by atoms with E-state index in [0.29, 0.717) is 23.9 Å². The lowest BCUT2D eigenvalue weighted by atomic mass is 9.99. The Labute approximate surface area is 127 Å². The van der Waals surface area contributed by atoms with Gasteiger partial charge in [0.1, 0.15) is 17.6 Å². The number of aromatic nitrogens is 2. The van der Waals surface area contributed by atoms with Crippen molar-refractivity contribution in [2.75, 3.05) is 7.11 Å². The van der Waals surface area contributed by atoms with Gasteiger partial charge in [-0.1, -0.05) is 23.8 Å². The number of nitrogens with zero attached hydrogens (tertiary/aromatic N) is 3. The zero-order valence-electron chi connectivity index (χ0n) is 11.8. The molecule has 2 bridgehead atoms. The lowest BCUT2D eigenvalue weighted by molar-refractivity contribution is 0.0466. The highest BCUT2D eigenvalue weighted by Crippen LogP contribution is 2.33. The molecule has 1 aromatic heterocycles. The van der Waals surface area contributed by atoms with Crippen LogP contribution in [0, 0.1) is 6.92 Å². The minimum atomic E-state index is -0.297. The van der Waals surface area contributed by atoms with Crippen LogP contribution in [0.25, 0.3) is 0 Å². The molecular weight excluding hydrogens is 294 g/mol. The molecule has 0 saturated carbocycles. The van der Waals surface area contributed by atoms with Crippen molar-refractivity contribution in [2.24, 2.45) is 0 Å². The van der Waals surface area contributed by atoms with Gasteiger partial charge in [0.2, 0.25) is 5.88 Å². The largest absolute Gasteiger partial charge is 0.474 e. The molecule has 1 fully saturated rings. The summed E-state index contributed by atoms with van der Waals surface area (Å²) < 4.78 is 10.8. The predicted octanol–water partition coefficient (Wildman–Crippen LogP) is 2.36. The molecule has 3 heterocycles. The Kier molecular flexibility index (Phi) is 3.71. The highest BCUT2D eigenvalue weighted by molar-refractivity contribution is 6.30. The average molecular weight is 310 g/mol. The molecule has 21 heavy (non-hydrogen) atoms. The third kappa shape index (κ3) is 2.55. The second-order valence-corrected chi connectivity index (χ2v) is 5.56. The van der Waals surface area contributed by atoms with Crippen LogP contribution in [-0.2, 0) is 4.74 Å². The maximum absolute atomic E-state index is 11.8. The highest BCUT2D eigenvalue weighted by Gasteiger charge is 2.41. The quantitative estimate of drug-likeness (QED) is 0.620. The number of amides is 1. The number of carbonyl (C=O) groups excluding carboxylic acids is 1. The number of fused-ring (bicyclic) bond motifs is 2. The van der Waals surface area contributed by atoms with Crippen molar-refractivity contribution >= 4 is 17.7 Å². The van der Waals surface area contributed by atoms with Gasteiger partial charge < -0.3 is 9.47 Å². The van der Waals surface area contributed by atoms with Gasteiger partial charge in [-0.05, 0) is 6.92 Å². The molecule has 1 saturated heterocycles. The van der Waals surface area contributed by atoms with E-state index in [1.54, 1.807) is 4.90 Å². The van der Waals surface area contributed by atoms with Crippen molar-refractivity contribution in [3.63, 3.8) is 0 Å². The molecule has 2 aliphatic heterocycles. The molecule has 0 aliphatic carbocycles. The molecule has 7 heteroatoms. The van der Waals surface area contributed by atoms with Gasteiger partial charge in [-0.3, -0.25) is 4.90 Å². The van der Waals surface area contributed by atoms with Crippen LogP contribution in [0.5, 0.6) is 5.88 Å². The van der Waals surface area contributed by atoms with Crippen LogP contribution < -0.4 is 4.74 Å². The Balaban J connectivity index is 1.71. The lowest BCUT2D eigenvalue weighted by Gasteiger charge is -2.37. The summed E-state index contributed by atoms with van der Waals surface area (Å²) in [6.45, 7) is 1.83. The molecule has 1 amide bonds. The molecule has 112 valence electrons. The van der Waals surface area contributed by atoms with Crippen LogP contribution >= 0.6 is 11.6 Å². The summed E-state index contributed by atoms with van der Waals surface area (Å²) in [5.74, 6) is 0.505. The van der Waals surface area contributed by atoms with Crippen molar-refractivity contribution < 1.29 is 14.3 Å². The Hall–Kier alpha value is -1.82. The number of methoxy groups -OCH3 is 1. The maximum Gasteiger partial charge on any atom is 0.410 e. The third-order valence-electron chi connectivity index (χ3n) is 3.92. The SMILES string of the molecule is COC(=O)N1[C@H]2C=C[C@H]1CC(Oc1ncnc(Cl)c1C)C2. The van der Waals surface area contributed by atoms with E-state index in [-0.39, 0.29) is 24.3 Å². The summed E-state index contributed by atoms with van der Waals surface area (Å²) >= 11 is 5.97. The van der Waals surface area contributed by atoms with Crippen LogP contribution in [0.15, 0.2) is 18.5 Å². The first-order chi connectivity index (χ1) is 10.1. The van der Waals surface area contributed by atoms with E-state index in [4.69, 9.17) is 21.1 Å². The number of halogens is 1. The Morgan fingerprint density at radius 3 is 2.62 bits per heavy atom. The summed E-state index contributed by atoms with van der Waals surface area (Å²) in [6.07, 6.45) is 6.57. The van der Waals surface area contributed by atoms with Crippen molar-refractivity contribution in [1.29, 1.82) is 0 Å². The van der Waals surface area contributed by atoms with Crippen LogP contribution in [-0.4, -0.2) is 46.3 Å². The van der Waals surface area contributed by atoms with E-state index in [1.165, 1.54) is 13.4 Å². The van der Waals surface area contributed by atoms with Crippen molar-refractivity contribution in [1.82, 2.24) is 14.9 Å². The number of hydrogen-bond acceptors (Lipinski definition) is 5. The van der Waals surface area contributed by atoms with Gasteiger partial charge in [-0.2, -0.15) is 0 Å². The second kappa shape index (κ2) is 5.52. The third-order valence-corrected chi connectivity index (χ3v) is 4.30. The van der Waals surface area contributed by atoms with Crippen LogP contribution in [0.1, 0.15) is 18.4 Å². The molecule has 2 aliphatic rings. The fourth-order valence-electron chi connectivity index (χ4n) is 2.87. The van der Waals surface area contributed by atoms with E-state index in [1.807, 2.05) is 19.1 Å². The van der Waals surface area contributed by atoms with E-state index >= 15 is 0 Å². The normalized spacial score (nSPS) is 26.8. The predicted molar refractivity (Wildman–Crippen MR) is 76.4 cm³/mol. The van der Waals surface area contributed by atoms with Gasteiger partial charge in [0.25, 0.3) is 0 Å². The summed E-state index contributed by atoms with van der Waals surface area (Å²) in [6, 6.07) is 0.0256. The summed E-state index contributed by atoms with van der Waals surface area (Å²) in [5.41, 5.74) is 0.731. The van der Waals surface area contributed by atoms with Crippen LogP contribution in [0.2, 0.25) is 5.15 Å². The summed E-state index contributed by atoms with van der Waals surface area (Å²) in [4.78, 5) is 21.6. The molecule has 0 unspecified atom stereocenters. The van der Waals surface area contributed by atoms with Gasteiger partial charge in [0, 0.05) is 18.4 Å². The number of ether oxygens (including phenoxy) is 2. The summed E-state index contributed by atoms with van der Waals surface area (Å²) in [7, 11) is 1.40. The van der Waals surface area contributed by atoms with Gasteiger partial charge in [0.05, 0.1) is 19.2 Å². The second-order valence-electron chi connectivity index (χ2n) is 5.20. The van der Waals surface area contributed by atoms with E-state index in [9.17, 15) is 4.79 Å². The number of rotatable bonds is 2. The number of piperidine rings is 1. The molecule has 0 aromatic carbocycles. The average Bonchev–Trinajstić information content (AvgIpc) is 2.74. The van der Waals surface area contributed by atoms with Crippen molar-refractivity contribution in [2.45, 2.75) is 38.0 Å². The molecule has 0 spiro atoms. The summed E-state index contributed by atoms with van der Waals surface area (Å²) in [5, 5.41) is 0.396. The van der Waals surface area contributed by atoms with Gasteiger partial charge in [-0.25, -0.2) is 14.8 Å². The lowest BCUT2D eigenvalue weighted by Crippen LogP contribution is -2.50. The number of carbonyl (C=O) groups is 1. The topological polar surface area (TPSA) is 64.5 Å². The molecular formula is C14H16ClN3O3. The first-order valence-electron chi connectivity index (χ1n) is 6.78. The van der Waals surface area contributed by atoms with Crippen LogP contribution in [0.4, 0.5) is 4.79 Å². The van der Waals surface area contributed by atoms with E-state index in [2.05, 4.69) is 9.97 Å². The van der Waals surface area contributed by atoms with Gasteiger partial charge in [0.15, 0.2) is 0 Å². The van der Waals surface area contributed by atoms with Gasteiger partial charge >= 0.3 is 6.09 Å². The fourth-order valence-corrected chi connectivity index (χ4v) is 2.99. The number of hydrogen-bond donors (Lipinski definition) is 0. The first-order valence-corrected chi connectivity index (χ1v) is 7.16.